The van der Waals surface area contributed by atoms with Gasteiger partial charge in [-0.3, -0.25) is 0 Å². The van der Waals surface area contributed by atoms with Crippen LogP contribution in [0.3, 0.4) is 0 Å². The van der Waals surface area contributed by atoms with Crippen LogP contribution in [-0.4, -0.2) is 41.7 Å². The fourth-order valence-corrected chi connectivity index (χ4v) is 2.36. The van der Waals surface area contributed by atoms with Crippen molar-refractivity contribution in [3.8, 4) is 5.75 Å². The van der Waals surface area contributed by atoms with Crippen molar-refractivity contribution in [1.29, 1.82) is 0 Å². The summed E-state index contributed by atoms with van der Waals surface area (Å²) in [6, 6.07) is -1.37. The van der Waals surface area contributed by atoms with Gasteiger partial charge in [0.05, 0.1) is 5.69 Å². The molecular weight excluding hydrogens is 613 g/mol. The number of ether oxygens (including phenoxy) is 1. The van der Waals surface area contributed by atoms with Crippen LogP contribution in [0.4, 0.5) is 80.3 Å². The van der Waals surface area contributed by atoms with Crippen LogP contribution in [0.15, 0.2) is 34.5 Å². The van der Waals surface area contributed by atoms with Crippen molar-refractivity contribution in [3.63, 3.8) is 0 Å². The molecule has 0 unspecified atom stereocenters. The summed E-state index contributed by atoms with van der Waals surface area (Å²) in [7, 11) is 0. The molecule has 1 rings (SSSR count). The summed E-state index contributed by atoms with van der Waals surface area (Å²) in [6.45, 7) is 0. The van der Waals surface area contributed by atoms with Crippen LogP contribution in [0.5, 0.6) is 5.75 Å². The molecule has 0 spiro atoms. The number of benzene rings is 1. The molecule has 0 saturated heterocycles. The number of hydrogen-bond acceptors (Lipinski definition) is 2. The van der Waals surface area contributed by atoms with Crippen molar-refractivity contribution in [1.82, 2.24) is 0 Å². The lowest BCUT2D eigenvalue weighted by molar-refractivity contribution is -0.451. The summed E-state index contributed by atoms with van der Waals surface area (Å²) in [4.78, 5) is 0. The summed E-state index contributed by atoms with van der Waals surface area (Å²) >= 11 is 2.76. The molecule has 1 aromatic rings. The van der Waals surface area contributed by atoms with Crippen molar-refractivity contribution < 1.29 is 79.4 Å². The van der Waals surface area contributed by atoms with Crippen molar-refractivity contribution in [2.75, 3.05) is 5.73 Å². The van der Waals surface area contributed by atoms with Crippen LogP contribution in [0.2, 0.25) is 0 Å². The molecular formula is C15H5BrF17NO. The predicted octanol–water partition coefficient (Wildman–Crippen LogP) is 7.89. The number of anilines is 1. The molecule has 0 heterocycles. The molecule has 0 fully saturated rings. The van der Waals surface area contributed by atoms with E-state index in [1.165, 1.54) is 0 Å². The quantitative estimate of drug-likeness (QED) is 0.183. The highest BCUT2D eigenvalue weighted by atomic mass is 79.9. The van der Waals surface area contributed by atoms with E-state index < -0.39 is 65.0 Å². The third-order valence-electron chi connectivity index (χ3n) is 3.95. The van der Waals surface area contributed by atoms with Gasteiger partial charge < -0.3 is 10.5 Å². The molecule has 0 aliphatic rings. The van der Waals surface area contributed by atoms with E-state index in [1.807, 2.05) is 0 Å². The summed E-state index contributed by atoms with van der Waals surface area (Å²) in [5.74, 6) is -55.4. The van der Waals surface area contributed by atoms with Gasteiger partial charge in [0.15, 0.2) is 5.75 Å². The fourth-order valence-electron chi connectivity index (χ4n) is 1.98. The maximum atomic E-state index is 13.6. The second-order valence-electron chi connectivity index (χ2n) is 6.32. The van der Waals surface area contributed by atoms with Crippen LogP contribution in [0, 0.1) is 0 Å². The second-order valence-corrected chi connectivity index (χ2v) is 7.23. The van der Waals surface area contributed by atoms with Gasteiger partial charge in [-0.15, -0.1) is 0 Å². The van der Waals surface area contributed by atoms with Crippen LogP contribution in [-0.2, 0) is 0 Å². The van der Waals surface area contributed by atoms with Gasteiger partial charge in [-0.2, -0.15) is 74.6 Å². The number of hydrogen-bond donors (Lipinski definition) is 1. The molecule has 35 heavy (non-hydrogen) atoms. The molecule has 202 valence electrons. The maximum Gasteiger partial charge on any atom is 0.460 e. The Morgan fingerprint density at radius 1 is 0.657 bits per heavy atom. The third-order valence-corrected chi connectivity index (χ3v) is 4.44. The monoisotopic (exact) mass is 617 g/mol. The average molecular weight is 618 g/mol. The SMILES string of the molecule is Nc1cc(Br)ccc1OC(F)=C(F)C(F)(F)C(F)(F)C(F)(F)C(F)(F)C(F)(F)C(F)(F)C(F)(F)F. The first-order chi connectivity index (χ1) is 15.2. The Bertz CT molecular complexity index is 984. The average Bonchev–Trinajstić information content (AvgIpc) is 2.67. The van der Waals surface area contributed by atoms with E-state index in [2.05, 4.69) is 20.7 Å². The van der Waals surface area contributed by atoms with E-state index >= 15 is 0 Å². The first-order valence-corrected chi connectivity index (χ1v) is 8.63. The Hall–Kier alpha value is -2.15. The third kappa shape index (κ3) is 4.56. The van der Waals surface area contributed by atoms with Gasteiger partial charge in [0.25, 0.3) is 0 Å². The summed E-state index contributed by atoms with van der Waals surface area (Å²) in [5.41, 5.74) is 4.39. The lowest BCUT2D eigenvalue weighted by Gasteiger charge is -2.41. The topological polar surface area (TPSA) is 35.2 Å². The Kier molecular flexibility index (Phi) is 7.72. The molecule has 0 aliphatic carbocycles. The van der Waals surface area contributed by atoms with Crippen LogP contribution in [0.25, 0.3) is 0 Å². The zero-order chi connectivity index (χ0) is 28.2. The fraction of sp³-hybridized carbons (Fsp3) is 0.467. The largest absolute Gasteiger partial charge is 0.460 e. The zero-order valence-electron chi connectivity index (χ0n) is 15.5. The molecule has 0 bridgehead atoms. The van der Waals surface area contributed by atoms with E-state index in [1.54, 1.807) is 0 Å². The first-order valence-electron chi connectivity index (χ1n) is 7.84. The lowest BCUT2D eigenvalue weighted by atomic mass is 9.91. The van der Waals surface area contributed by atoms with Crippen LogP contribution in [0.1, 0.15) is 0 Å². The van der Waals surface area contributed by atoms with Gasteiger partial charge in [-0.05, 0) is 18.2 Å². The van der Waals surface area contributed by atoms with E-state index in [0.29, 0.717) is 6.07 Å². The van der Waals surface area contributed by atoms with Gasteiger partial charge >= 0.3 is 47.7 Å². The number of nitrogens with two attached hydrogens (primary N) is 1. The Morgan fingerprint density at radius 2 is 1.06 bits per heavy atom. The number of rotatable bonds is 8. The molecule has 0 atom stereocenters. The Labute approximate surface area is 189 Å². The molecule has 2 nitrogen and oxygen atoms in total. The van der Waals surface area contributed by atoms with E-state index in [0.717, 1.165) is 12.1 Å². The summed E-state index contributed by atoms with van der Waals surface area (Å²) in [6.07, 6.45) is -7.79. The van der Waals surface area contributed by atoms with E-state index in [-0.39, 0.29) is 4.47 Å². The first kappa shape index (κ1) is 30.9. The minimum atomic E-state index is -8.64. The minimum absolute atomic E-state index is 0.0718. The van der Waals surface area contributed by atoms with Crippen molar-refractivity contribution in [2.45, 2.75) is 41.7 Å². The normalized spacial score (nSPS) is 15.7. The highest BCUT2D eigenvalue weighted by molar-refractivity contribution is 9.10. The number of halogens is 18. The minimum Gasteiger partial charge on any atom is -0.427 e. The molecule has 0 radical (unpaired) electrons. The molecule has 0 aliphatic heterocycles. The van der Waals surface area contributed by atoms with E-state index in [4.69, 9.17) is 5.73 Å². The van der Waals surface area contributed by atoms with Gasteiger partial charge in [-0.1, -0.05) is 15.9 Å². The zero-order valence-corrected chi connectivity index (χ0v) is 17.1. The molecule has 0 amide bonds. The molecule has 20 heteroatoms. The van der Waals surface area contributed by atoms with Crippen LogP contribution < -0.4 is 10.5 Å². The number of allylic oxidation sites excluding steroid dienone is 1. The number of alkyl halides is 15. The highest BCUT2D eigenvalue weighted by Crippen LogP contribution is 2.63. The summed E-state index contributed by atoms with van der Waals surface area (Å²) < 4.78 is 227. The van der Waals surface area contributed by atoms with Gasteiger partial charge in [-0.25, -0.2) is 0 Å². The standard InChI is InChI=1S/C15H5BrF17NO/c16-4-1-2-6(5(34)3-4)35-8(18)7(17)9(19,20)10(21,22)11(23,24)12(25,26)13(27,28)14(29,30)15(31,32)33/h1-3H,34H2. The van der Waals surface area contributed by atoms with E-state index in [9.17, 15) is 74.6 Å². The van der Waals surface area contributed by atoms with Crippen molar-refractivity contribution in [3.05, 3.63) is 34.5 Å². The van der Waals surface area contributed by atoms with Gasteiger partial charge in [0, 0.05) is 4.47 Å². The summed E-state index contributed by atoms with van der Waals surface area (Å²) in [5, 5.41) is 0. The maximum absolute atomic E-state index is 13.6. The molecule has 1 aromatic carbocycles. The number of nitrogen functional groups attached to an aromatic ring is 1. The smallest absolute Gasteiger partial charge is 0.427 e. The second kappa shape index (κ2) is 8.75. The highest BCUT2D eigenvalue weighted by Gasteiger charge is 2.93. The molecule has 0 saturated carbocycles. The van der Waals surface area contributed by atoms with Gasteiger partial charge in [0.1, 0.15) is 0 Å². The van der Waals surface area contributed by atoms with Crippen molar-refractivity contribution >= 4 is 21.6 Å². The molecule has 2 N–H and O–H groups in total. The molecule has 0 aromatic heterocycles. The predicted molar refractivity (Wildman–Crippen MR) is 84.2 cm³/mol. The van der Waals surface area contributed by atoms with Crippen molar-refractivity contribution in [2.24, 2.45) is 0 Å². The Morgan fingerprint density at radius 3 is 1.46 bits per heavy atom. The van der Waals surface area contributed by atoms with Gasteiger partial charge in [0.2, 0.25) is 5.83 Å². The Balaban J connectivity index is 3.61. The lowest BCUT2D eigenvalue weighted by Crippen LogP contribution is -2.72. The van der Waals surface area contributed by atoms with Crippen LogP contribution >= 0.6 is 15.9 Å².